The Morgan fingerprint density at radius 1 is 0.533 bits per heavy atom. The van der Waals surface area contributed by atoms with E-state index in [2.05, 4.69) is 74.6 Å². The normalized spacial score (nSPS) is 20.5. The fraction of sp³-hybridized carbons (Fsp3) is 0.720. The van der Waals surface area contributed by atoms with Gasteiger partial charge in [0, 0.05) is 12.8 Å². The van der Waals surface area contributed by atoms with Gasteiger partial charge in [-0.2, -0.15) is 0 Å². The van der Waals surface area contributed by atoms with Crippen LogP contribution < -0.4 is 0 Å². The van der Waals surface area contributed by atoms with Gasteiger partial charge in [-0.25, -0.2) is 0 Å². The number of carbonyl (C=O) groups is 2. The van der Waals surface area contributed by atoms with Gasteiger partial charge in [-0.15, -0.1) is 0 Å². The van der Waals surface area contributed by atoms with Crippen molar-refractivity contribution in [1.82, 2.24) is 0 Å². The van der Waals surface area contributed by atoms with E-state index in [-0.39, 0.29) is 26.1 Å². The standard InChI is InChI=1S/C50H84O10/c1-3-5-7-9-11-13-15-17-18-19-20-21-22-23-24-25-27-28-30-32-34-36-38-45(52)57-41-43(42-58-50-49(56)48(55)47(54)44(40-51)60-50)59-46(53)39-37-35-33-31-29-26-16-14-12-10-8-6-4-2/h5,7,11,13,17-18,20-21,26,29,33,35,43-44,47-51,54-56H,3-4,6,8-10,12,14-16,19,22-25,27-28,30-32,34,36-42H2,1-2H3/b7-5+,13-11+,18-17+,21-20+,29-26+,35-33+/t43?,44-,47+,48?,49?,50-/m0/s1. The van der Waals surface area contributed by atoms with Crippen molar-refractivity contribution < 1.29 is 49.0 Å². The molecule has 1 heterocycles. The van der Waals surface area contributed by atoms with Gasteiger partial charge in [-0.3, -0.25) is 9.59 Å². The zero-order chi connectivity index (χ0) is 43.7. The predicted octanol–water partition coefficient (Wildman–Crippen LogP) is 10.4. The Balaban J connectivity index is 2.31. The van der Waals surface area contributed by atoms with E-state index in [0.717, 1.165) is 64.2 Å². The number of allylic oxidation sites excluding steroid dienone is 12. The van der Waals surface area contributed by atoms with E-state index in [0.29, 0.717) is 12.8 Å². The molecule has 0 aromatic carbocycles. The zero-order valence-corrected chi connectivity index (χ0v) is 37.4. The number of hydrogen-bond acceptors (Lipinski definition) is 10. The molecule has 344 valence electrons. The molecule has 0 aromatic rings. The van der Waals surface area contributed by atoms with E-state index in [4.69, 9.17) is 18.9 Å². The number of ether oxygens (including phenoxy) is 4. The number of aliphatic hydroxyl groups is 4. The lowest BCUT2D eigenvalue weighted by Gasteiger charge is -2.39. The monoisotopic (exact) mass is 845 g/mol. The minimum absolute atomic E-state index is 0.120. The minimum atomic E-state index is -1.61. The van der Waals surface area contributed by atoms with Gasteiger partial charge >= 0.3 is 11.9 Å². The molecule has 4 N–H and O–H groups in total. The van der Waals surface area contributed by atoms with E-state index >= 15 is 0 Å². The second-order valence-electron chi connectivity index (χ2n) is 15.8. The molecule has 0 amide bonds. The number of aliphatic hydroxyl groups excluding tert-OH is 4. The van der Waals surface area contributed by atoms with E-state index in [1.165, 1.54) is 70.6 Å². The first-order valence-electron chi connectivity index (χ1n) is 23.5. The van der Waals surface area contributed by atoms with Gasteiger partial charge in [0.2, 0.25) is 0 Å². The van der Waals surface area contributed by atoms with Crippen LogP contribution in [0.5, 0.6) is 0 Å². The summed E-state index contributed by atoms with van der Waals surface area (Å²) in [5.41, 5.74) is 0. The number of esters is 2. The smallest absolute Gasteiger partial charge is 0.306 e. The third-order valence-corrected chi connectivity index (χ3v) is 10.3. The molecule has 0 radical (unpaired) electrons. The van der Waals surface area contributed by atoms with Gasteiger partial charge in [0.15, 0.2) is 12.4 Å². The average Bonchev–Trinajstić information content (AvgIpc) is 3.25. The molecule has 0 spiro atoms. The van der Waals surface area contributed by atoms with Crippen molar-refractivity contribution in [2.45, 2.75) is 211 Å². The van der Waals surface area contributed by atoms with Crippen molar-refractivity contribution in [3.8, 4) is 0 Å². The van der Waals surface area contributed by atoms with Crippen molar-refractivity contribution in [3.63, 3.8) is 0 Å². The van der Waals surface area contributed by atoms with E-state index in [9.17, 15) is 30.0 Å². The van der Waals surface area contributed by atoms with Crippen molar-refractivity contribution in [2.75, 3.05) is 19.8 Å². The highest BCUT2D eigenvalue weighted by Crippen LogP contribution is 2.22. The molecular formula is C50H84O10. The van der Waals surface area contributed by atoms with Crippen LogP contribution >= 0.6 is 0 Å². The van der Waals surface area contributed by atoms with E-state index in [1.54, 1.807) is 0 Å². The first kappa shape index (κ1) is 55.2. The lowest BCUT2D eigenvalue weighted by Crippen LogP contribution is -2.59. The number of hydrogen-bond donors (Lipinski definition) is 4. The van der Waals surface area contributed by atoms with Crippen LogP contribution in [0.3, 0.4) is 0 Å². The molecule has 1 saturated heterocycles. The van der Waals surface area contributed by atoms with Crippen LogP contribution in [0.25, 0.3) is 0 Å². The summed E-state index contributed by atoms with van der Waals surface area (Å²) in [6.07, 6.45) is 43.5. The van der Waals surface area contributed by atoms with Crippen molar-refractivity contribution in [3.05, 3.63) is 72.9 Å². The molecular weight excluding hydrogens is 761 g/mol. The number of carbonyl (C=O) groups excluding carboxylic acids is 2. The summed E-state index contributed by atoms with van der Waals surface area (Å²) in [6.45, 7) is 3.23. The summed E-state index contributed by atoms with van der Waals surface area (Å²) in [7, 11) is 0. The molecule has 60 heavy (non-hydrogen) atoms. The van der Waals surface area contributed by atoms with Crippen LogP contribution in [0, 0.1) is 0 Å². The molecule has 1 aliphatic heterocycles. The van der Waals surface area contributed by atoms with Crippen LogP contribution in [-0.2, 0) is 28.5 Å². The number of rotatable bonds is 38. The Labute approximate surface area is 363 Å². The van der Waals surface area contributed by atoms with E-state index in [1.807, 2.05) is 12.2 Å². The maximum absolute atomic E-state index is 12.7. The molecule has 1 rings (SSSR count). The largest absolute Gasteiger partial charge is 0.462 e. The summed E-state index contributed by atoms with van der Waals surface area (Å²) < 4.78 is 22.1. The Bertz CT molecular complexity index is 1210. The second kappa shape index (κ2) is 40.2. The lowest BCUT2D eigenvalue weighted by molar-refractivity contribution is -0.305. The third-order valence-electron chi connectivity index (χ3n) is 10.3. The van der Waals surface area contributed by atoms with Crippen LogP contribution in [0.1, 0.15) is 174 Å². The molecule has 0 aliphatic carbocycles. The molecule has 3 unspecified atom stereocenters. The number of unbranched alkanes of at least 4 members (excludes halogenated alkanes) is 15. The minimum Gasteiger partial charge on any atom is -0.462 e. The van der Waals surface area contributed by atoms with Gasteiger partial charge in [-0.05, 0) is 70.6 Å². The molecule has 10 nitrogen and oxygen atoms in total. The molecule has 0 bridgehead atoms. The predicted molar refractivity (Wildman–Crippen MR) is 242 cm³/mol. The quantitative estimate of drug-likeness (QED) is 0.0268. The van der Waals surface area contributed by atoms with Crippen LogP contribution in [0.4, 0.5) is 0 Å². The Kier molecular flexibility index (Phi) is 37.0. The summed E-state index contributed by atoms with van der Waals surface area (Å²) in [6, 6.07) is 0. The van der Waals surface area contributed by atoms with Gasteiger partial charge in [0.05, 0.1) is 13.2 Å². The highest BCUT2D eigenvalue weighted by Gasteiger charge is 2.44. The van der Waals surface area contributed by atoms with E-state index < -0.39 is 55.4 Å². The van der Waals surface area contributed by atoms with Gasteiger partial charge in [-0.1, -0.05) is 164 Å². The Morgan fingerprint density at radius 3 is 1.55 bits per heavy atom. The zero-order valence-electron chi connectivity index (χ0n) is 37.4. The maximum Gasteiger partial charge on any atom is 0.306 e. The average molecular weight is 845 g/mol. The van der Waals surface area contributed by atoms with Crippen molar-refractivity contribution in [1.29, 1.82) is 0 Å². The summed E-state index contributed by atoms with van der Waals surface area (Å²) in [5, 5.41) is 40.1. The summed E-state index contributed by atoms with van der Waals surface area (Å²) in [5.74, 6) is -0.896. The molecule has 1 fully saturated rings. The van der Waals surface area contributed by atoms with Gasteiger partial charge < -0.3 is 39.4 Å². The lowest BCUT2D eigenvalue weighted by atomic mass is 9.99. The Morgan fingerprint density at radius 2 is 1.02 bits per heavy atom. The first-order valence-corrected chi connectivity index (χ1v) is 23.5. The molecule has 10 heteroatoms. The molecule has 0 saturated carbocycles. The highest BCUT2D eigenvalue weighted by molar-refractivity contribution is 5.70. The van der Waals surface area contributed by atoms with Crippen LogP contribution in [-0.4, -0.2) is 89.0 Å². The maximum atomic E-state index is 12.7. The van der Waals surface area contributed by atoms with Crippen molar-refractivity contribution >= 4 is 11.9 Å². The van der Waals surface area contributed by atoms with Crippen LogP contribution in [0.2, 0.25) is 0 Å². The second-order valence-corrected chi connectivity index (χ2v) is 15.8. The van der Waals surface area contributed by atoms with Crippen LogP contribution in [0.15, 0.2) is 72.9 Å². The SMILES string of the molecule is CC/C=C/C/C=C/C/C=C/C/C=C/CCCCCCCCCCCC(=O)OCC(CO[C@H]1O[C@@H](CO)[C@@H](O)C(O)C1O)OC(=O)CC/C=C/C/C=C/CCCCCCCC. The first-order chi connectivity index (χ1) is 29.3. The highest BCUT2D eigenvalue weighted by atomic mass is 16.7. The Hall–Kier alpha value is -2.86. The fourth-order valence-corrected chi connectivity index (χ4v) is 6.64. The molecule has 1 aliphatic rings. The molecule has 0 aromatic heterocycles. The molecule has 6 atom stereocenters. The topological polar surface area (TPSA) is 152 Å². The van der Waals surface area contributed by atoms with Crippen molar-refractivity contribution in [2.24, 2.45) is 0 Å². The van der Waals surface area contributed by atoms with Gasteiger partial charge in [0.25, 0.3) is 0 Å². The van der Waals surface area contributed by atoms with Gasteiger partial charge in [0.1, 0.15) is 31.0 Å². The summed E-state index contributed by atoms with van der Waals surface area (Å²) >= 11 is 0. The fourth-order valence-electron chi connectivity index (χ4n) is 6.64. The summed E-state index contributed by atoms with van der Waals surface area (Å²) in [4.78, 5) is 25.3. The third kappa shape index (κ3) is 31.1.